The lowest BCUT2D eigenvalue weighted by Crippen LogP contribution is -2.05. The Morgan fingerprint density at radius 1 is 1.09 bits per heavy atom. The van der Waals surface area contributed by atoms with Gasteiger partial charge in [-0.2, -0.15) is 0 Å². The van der Waals surface area contributed by atoms with Gasteiger partial charge in [-0.3, -0.25) is 0 Å². The van der Waals surface area contributed by atoms with Gasteiger partial charge in [-0.1, -0.05) is 41.9 Å². The minimum Gasteiger partial charge on any atom is -0.452 e. The third-order valence-corrected chi connectivity index (χ3v) is 3.27. The van der Waals surface area contributed by atoms with E-state index in [2.05, 4.69) is 4.98 Å². The first-order valence-corrected chi connectivity index (χ1v) is 7.03. The molecule has 0 amide bonds. The molecule has 0 fully saturated rings. The summed E-state index contributed by atoms with van der Waals surface area (Å²) >= 11 is 5.77. The molecule has 110 valence electrons. The molecule has 0 bridgehead atoms. The summed E-state index contributed by atoms with van der Waals surface area (Å²) in [5.74, 6) is 0.537. The number of esters is 1. The Morgan fingerprint density at radius 3 is 2.55 bits per heavy atom. The topological polar surface area (TPSA) is 52.3 Å². The van der Waals surface area contributed by atoms with Crippen LogP contribution in [0.3, 0.4) is 0 Å². The van der Waals surface area contributed by atoms with Crippen LogP contribution in [0.2, 0.25) is 5.02 Å². The Morgan fingerprint density at radius 2 is 1.82 bits per heavy atom. The molecule has 0 aliphatic heterocycles. The van der Waals surface area contributed by atoms with Crippen LogP contribution in [-0.2, 0) is 11.3 Å². The van der Waals surface area contributed by atoms with E-state index in [0.29, 0.717) is 22.2 Å². The van der Waals surface area contributed by atoms with Crippen molar-refractivity contribution in [2.45, 2.75) is 6.61 Å². The lowest BCUT2D eigenvalue weighted by atomic mass is 10.2. The summed E-state index contributed by atoms with van der Waals surface area (Å²) in [6.07, 6.45) is 1.61. The molecular weight excluding hydrogens is 302 g/mol. The van der Waals surface area contributed by atoms with Crippen molar-refractivity contribution in [3.63, 3.8) is 0 Å². The highest BCUT2D eigenvalue weighted by molar-refractivity contribution is 6.30. The number of carbonyl (C=O) groups is 1. The summed E-state index contributed by atoms with van der Waals surface area (Å²) in [4.78, 5) is 16.0. The van der Waals surface area contributed by atoms with E-state index < -0.39 is 5.97 Å². The normalized spacial score (nSPS) is 10.4. The van der Waals surface area contributed by atoms with Gasteiger partial charge in [0.05, 0.1) is 11.8 Å². The second-order valence-corrected chi connectivity index (χ2v) is 5.00. The highest BCUT2D eigenvalue weighted by Gasteiger charge is 2.11. The summed E-state index contributed by atoms with van der Waals surface area (Å²) < 4.78 is 10.7. The first kappa shape index (κ1) is 14.4. The number of benzene rings is 2. The molecule has 0 saturated heterocycles. The molecule has 2 aromatic carbocycles. The van der Waals surface area contributed by atoms with E-state index >= 15 is 0 Å². The fourth-order valence-corrected chi connectivity index (χ4v) is 2.04. The van der Waals surface area contributed by atoms with E-state index in [1.807, 2.05) is 30.3 Å². The minimum absolute atomic E-state index is 0.0196. The van der Waals surface area contributed by atoms with Gasteiger partial charge in [0.15, 0.2) is 12.4 Å². The molecule has 0 saturated carbocycles. The third kappa shape index (κ3) is 3.35. The number of hydrogen-bond donors (Lipinski definition) is 0. The first-order valence-electron chi connectivity index (χ1n) is 6.65. The molecule has 22 heavy (non-hydrogen) atoms. The summed E-state index contributed by atoms with van der Waals surface area (Å²) in [6.45, 7) is -0.0196. The average Bonchev–Trinajstić information content (AvgIpc) is 3.03. The van der Waals surface area contributed by atoms with Crippen molar-refractivity contribution < 1.29 is 13.9 Å². The van der Waals surface area contributed by atoms with Crippen LogP contribution in [0.4, 0.5) is 0 Å². The maximum absolute atomic E-state index is 11.9. The zero-order chi connectivity index (χ0) is 15.4. The first-order chi connectivity index (χ1) is 10.7. The molecule has 0 unspecified atom stereocenters. The quantitative estimate of drug-likeness (QED) is 0.672. The number of rotatable bonds is 4. The summed E-state index contributed by atoms with van der Waals surface area (Å²) in [5, 5.41) is 0.566. The molecular formula is C17H12ClNO3. The largest absolute Gasteiger partial charge is 0.452 e. The summed E-state index contributed by atoms with van der Waals surface area (Å²) in [5.41, 5.74) is 1.35. The smallest absolute Gasteiger partial charge is 0.338 e. The number of ether oxygens (including phenoxy) is 1. The Hall–Kier alpha value is -2.59. The number of hydrogen-bond acceptors (Lipinski definition) is 4. The van der Waals surface area contributed by atoms with E-state index in [9.17, 15) is 4.79 Å². The van der Waals surface area contributed by atoms with Gasteiger partial charge in [0, 0.05) is 10.6 Å². The molecule has 0 radical (unpaired) electrons. The zero-order valence-electron chi connectivity index (χ0n) is 11.5. The number of halogens is 1. The van der Waals surface area contributed by atoms with Crippen molar-refractivity contribution in [1.82, 2.24) is 4.98 Å². The second kappa shape index (κ2) is 6.45. The Kier molecular flexibility index (Phi) is 4.21. The van der Waals surface area contributed by atoms with Crippen LogP contribution in [-0.4, -0.2) is 11.0 Å². The molecule has 0 atom stereocenters. The van der Waals surface area contributed by atoms with E-state index in [4.69, 9.17) is 20.8 Å². The van der Waals surface area contributed by atoms with Crippen LogP contribution in [0.1, 0.15) is 16.2 Å². The van der Waals surface area contributed by atoms with Crippen LogP contribution in [0.15, 0.2) is 65.2 Å². The van der Waals surface area contributed by atoms with Gasteiger partial charge in [-0.05, 0) is 24.3 Å². The number of nitrogens with zero attached hydrogens (tertiary/aromatic N) is 1. The van der Waals surface area contributed by atoms with Crippen molar-refractivity contribution in [3.05, 3.63) is 77.3 Å². The number of oxazole rings is 1. The lowest BCUT2D eigenvalue weighted by molar-refractivity contribution is 0.0439. The van der Waals surface area contributed by atoms with E-state index in [-0.39, 0.29) is 6.61 Å². The van der Waals surface area contributed by atoms with Gasteiger partial charge in [-0.15, -0.1) is 0 Å². The van der Waals surface area contributed by atoms with Crippen molar-refractivity contribution in [2.75, 3.05) is 0 Å². The third-order valence-electron chi connectivity index (χ3n) is 3.02. The molecule has 0 N–H and O–H groups in total. The van der Waals surface area contributed by atoms with Crippen LogP contribution in [0.25, 0.3) is 11.3 Å². The standard InChI is InChI=1S/C17H12ClNO3/c18-14-8-6-13(7-9-14)17(20)21-11-16-19-10-15(22-16)12-4-2-1-3-5-12/h1-10H,11H2. The summed E-state index contributed by atoms with van der Waals surface area (Å²) in [6, 6.07) is 16.1. The van der Waals surface area contributed by atoms with Gasteiger partial charge >= 0.3 is 5.97 Å². The fourth-order valence-electron chi connectivity index (χ4n) is 1.91. The molecule has 3 aromatic rings. The summed E-state index contributed by atoms with van der Waals surface area (Å²) in [7, 11) is 0. The molecule has 0 spiro atoms. The van der Waals surface area contributed by atoms with Gasteiger partial charge in [0.25, 0.3) is 0 Å². The molecule has 3 rings (SSSR count). The highest BCUT2D eigenvalue weighted by Crippen LogP contribution is 2.20. The SMILES string of the molecule is O=C(OCc1ncc(-c2ccccc2)o1)c1ccc(Cl)cc1. The van der Waals surface area contributed by atoms with E-state index in [0.717, 1.165) is 5.56 Å². The van der Waals surface area contributed by atoms with Gasteiger partial charge < -0.3 is 9.15 Å². The average molecular weight is 314 g/mol. The van der Waals surface area contributed by atoms with Crippen LogP contribution in [0.5, 0.6) is 0 Å². The number of aromatic nitrogens is 1. The highest BCUT2D eigenvalue weighted by atomic mass is 35.5. The van der Waals surface area contributed by atoms with Crippen molar-refractivity contribution in [3.8, 4) is 11.3 Å². The maximum Gasteiger partial charge on any atom is 0.338 e. The van der Waals surface area contributed by atoms with Crippen molar-refractivity contribution >= 4 is 17.6 Å². The second-order valence-electron chi connectivity index (χ2n) is 4.57. The zero-order valence-corrected chi connectivity index (χ0v) is 12.3. The predicted octanol–water partition coefficient (Wildman–Crippen LogP) is 4.35. The predicted molar refractivity (Wildman–Crippen MR) is 82.5 cm³/mol. The molecule has 5 heteroatoms. The van der Waals surface area contributed by atoms with Gasteiger partial charge in [0.2, 0.25) is 5.89 Å². The maximum atomic E-state index is 11.9. The van der Waals surface area contributed by atoms with Crippen molar-refractivity contribution in [1.29, 1.82) is 0 Å². The Balaban J connectivity index is 1.64. The monoisotopic (exact) mass is 313 g/mol. The van der Waals surface area contributed by atoms with Crippen LogP contribution in [0, 0.1) is 0 Å². The molecule has 4 nitrogen and oxygen atoms in total. The molecule has 1 aromatic heterocycles. The molecule has 0 aliphatic carbocycles. The van der Waals surface area contributed by atoms with Crippen molar-refractivity contribution in [2.24, 2.45) is 0 Å². The lowest BCUT2D eigenvalue weighted by Gasteiger charge is -2.02. The van der Waals surface area contributed by atoms with Crippen LogP contribution >= 0.6 is 11.6 Å². The minimum atomic E-state index is -0.448. The van der Waals surface area contributed by atoms with Gasteiger partial charge in [0.1, 0.15) is 0 Å². The fraction of sp³-hybridized carbons (Fsp3) is 0.0588. The Bertz CT molecular complexity index is 766. The number of carbonyl (C=O) groups excluding carboxylic acids is 1. The van der Waals surface area contributed by atoms with E-state index in [1.54, 1.807) is 30.5 Å². The van der Waals surface area contributed by atoms with Crippen LogP contribution < -0.4 is 0 Å². The van der Waals surface area contributed by atoms with Gasteiger partial charge in [-0.25, -0.2) is 9.78 Å². The molecule has 1 heterocycles. The Labute approximate surface area is 132 Å². The molecule has 0 aliphatic rings. The van der Waals surface area contributed by atoms with E-state index in [1.165, 1.54) is 0 Å².